The molecule has 0 bridgehead atoms. The standard InChI is InChI=1S/Al.K.HOP.Zn.4H/c;;1-2;;;;;/h;;2H;;;;;/q;+1;;;;;;-1. The van der Waals surface area contributed by atoms with Gasteiger partial charge >= 0.3 is 51.4 Å². The molecule has 0 unspecified atom stereocenters. The van der Waals surface area contributed by atoms with E-state index in [1.807, 2.05) is 0 Å². The molecule has 0 aliphatic rings. The van der Waals surface area contributed by atoms with Crippen molar-refractivity contribution in [3.8, 4) is 0 Å². The molecule has 0 radical (unpaired) electrons. The minimum absolute atomic E-state index is 0. The van der Waals surface area contributed by atoms with Crippen LogP contribution in [0.5, 0.6) is 0 Å². The van der Waals surface area contributed by atoms with Gasteiger partial charge in [-0.05, 0) is 0 Å². The van der Waals surface area contributed by atoms with Crippen LogP contribution in [-0.2, 0) is 24.0 Å². The molecule has 0 amide bonds. The van der Waals surface area contributed by atoms with E-state index >= 15 is 0 Å². The molecule has 5 heteroatoms. The maximum Gasteiger partial charge on any atom is 1.00 e. The molecule has 0 aliphatic carbocycles. The van der Waals surface area contributed by atoms with Crippen molar-refractivity contribution >= 4 is 26.5 Å². The summed E-state index contributed by atoms with van der Waals surface area (Å²) >= 11 is 0. The summed E-state index contributed by atoms with van der Waals surface area (Å²) in [5.41, 5.74) is 0. The molecule has 0 fully saturated rings. The Morgan fingerprint density at radius 3 is 1.40 bits per heavy atom. The van der Waals surface area contributed by atoms with E-state index in [-0.39, 0.29) is 89.7 Å². The summed E-state index contributed by atoms with van der Waals surface area (Å²) in [5.74, 6) is 0. The third-order valence-electron chi connectivity index (χ3n) is 0. The van der Waals surface area contributed by atoms with Crippen LogP contribution in [-0.4, -0.2) is 17.4 Å². The van der Waals surface area contributed by atoms with Crippen molar-refractivity contribution in [1.29, 1.82) is 0 Å². The van der Waals surface area contributed by atoms with E-state index in [0.29, 0.717) is 0 Å². The molecule has 0 aromatic rings. The van der Waals surface area contributed by atoms with Gasteiger partial charge in [0.05, 0.1) is 0 Å². The van der Waals surface area contributed by atoms with Gasteiger partial charge in [0, 0.05) is 19.5 Å². The molecule has 0 N–H and O–H groups in total. The monoisotopic (exact) mass is 182 g/mol. The third kappa shape index (κ3) is 19.7. The fourth-order valence-corrected chi connectivity index (χ4v) is 0. The van der Waals surface area contributed by atoms with Gasteiger partial charge in [0.15, 0.2) is 17.4 Å². The maximum absolute atomic E-state index is 8.06. The van der Waals surface area contributed by atoms with Crippen molar-refractivity contribution in [3.63, 3.8) is 0 Å². The first-order valence-electron chi connectivity index (χ1n) is 0.204. The zero-order valence-electron chi connectivity index (χ0n) is 3.62. The molecule has 0 heterocycles. The van der Waals surface area contributed by atoms with Crippen LogP contribution in [0, 0.1) is 0 Å². The van der Waals surface area contributed by atoms with Gasteiger partial charge in [0.25, 0.3) is 0 Å². The number of hydrogen-bond donors (Lipinski definition) is 0. The van der Waals surface area contributed by atoms with Gasteiger partial charge in [-0.3, -0.25) is 4.57 Å². The minimum atomic E-state index is 0. The van der Waals surface area contributed by atoms with E-state index in [1.165, 1.54) is 0 Å². The van der Waals surface area contributed by atoms with Gasteiger partial charge < -0.3 is 1.43 Å². The third-order valence-corrected chi connectivity index (χ3v) is 0. The van der Waals surface area contributed by atoms with Crippen LogP contribution in [0.1, 0.15) is 1.43 Å². The molecular formula is H5AlKOPZn. The molecule has 0 rings (SSSR count). The van der Waals surface area contributed by atoms with E-state index < -0.39 is 0 Å². The summed E-state index contributed by atoms with van der Waals surface area (Å²) in [4.78, 5) is 0. The fourth-order valence-electron chi connectivity index (χ4n) is 0. The molecule has 22 valence electrons. The average molecular weight is 183 g/mol. The van der Waals surface area contributed by atoms with Gasteiger partial charge in [-0.25, -0.2) is 0 Å². The van der Waals surface area contributed by atoms with E-state index in [2.05, 4.69) is 0 Å². The quantitative estimate of drug-likeness (QED) is 0.280. The van der Waals surface area contributed by atoms with Gasteiger partial charge in [-0.15, -0.1) is 0 Å². The first-order valence-corrected chi connectivity index (χ1v) is 0.612. The second kappa shape index (κ2) is 28.6. The molecule has 0 spiro atoms. The molecule has 5 heavy (non-hydrogen) atoms. The van der Waals surface area contributed by atoms with Crippen LogP contribution in [0.4, 0.5) is 0 Å². The van der Waals surface area contributed by atoms with Crippen molar-refractivity contribution < 1.29 is 76.9 Å². The average Bonchev–Trinajstić information content (AvgIpc) is 1.00. The van der Waals surface area contributed by atoms with Gasteiger partial charge in [0.2, 0.25) is 0 Å². The smallest absolute Gasteiger partial charge is 1.00 e. The second-order valence-corrected chi connectivity index (χ2v) is 0. The summed E-state index contributed by atoms with van der Waals surface area (Å²) in [7, 11) is 1.72. The topological polar surface area (TPSA) is 17.1 Å². The van der Waals surface area contributed by atoms with Crippen LogP contribution >= 0.6 is 9.12 Å². The molecule has 0 saturated carbocycles. The zero-order chi connectivity index (χ0) is 2.00. The summed E-state index contributed by atoms with van der Waals surface area (Å²) in [6.07, 6.45) is 0. The maximum atomic E-state index is 8.06. The first-order chi connectivity index (χ1) is 1.00. The normalized spacial score (nSPS) is 0.800. The SMILES string of the molecule is O=P.[AlH3].[H-].[K+].[Zn]. The van der Waals surface area contributed by atoms with Crippen LogP contribution in [0.15, 0.2) is 0 Å². The Morgan fingerprint density at radius 2 is 1.40 bits per heavy atom. The molecular weight excluding hydrogens is 178 g/mol. The molecule has 1 nitrogen and oxygen atoms in total. The Hall–Kier alpha value is 2.89. The fraction of sp³-hybridized carbons (Fsp3) is 0. The van der Waals surface area contributed by atoms with Gasteiger partial charge in [-0.1, -0.05) is 0 Å². The molecule has 0 aromatic heterocycles. The molecule has 0 aromatic carbocycles. The van der Waals surface area contributed by atoms with Crippen molar-refractivity contribution in [1.82, 2.24) is 0 Å². The Kier molecular flexibility index (Phi) is 142. The molecule has 0 atom stereocenters. The zero-order valence-corrected chi connectivity index (χ0v) is 9.71. The van der Waals surface area contributed by atoms with Gasteiger partial charge in [0.1, 0.15) is 9.12 Å². The van der Waals surface area contributed by atoms with E-state index in [0.717, 1.165) is 0 Å². The van der Waals surface area contributed by atoms with Crippen molar-refractivity contribution in [3.05, 3.63) is 0 Å². The van der Waals surface area contributed by atoms with Crippen LogP contribution in [0.2, 0.25) is 0 Å². The second-order valence-electron chi connectivity index (χ2n) is 0. The predicted molar refractivity (Wildman–Crippen MR) is 20.1 cm³/mol. The van der Waals surface area contributed by atoms with Crippen LogP contribution in [0.3, 0.4) is 0 Å². The van der Waals surface area contributed by atoms with E-state index in [4.69, 9.17) is 4.57 Å². The van der Waals surface area contributed by atoms with Crippen LogP contribution in [0.25, 0.3) is 0 Å². The number of rotatable bonds is 0. The molecule has 0 saturated heterocycles. The first kappa shape index (κ1) is 24.7. The Labute approximate surface area is 101 Å². The summed E-state index contributed by atoms with van der Waals surface area (Å²) in [5, 5.41) is 0. The van der Waals surface area contributed by atoms with E-state index in [1.54, 1.807) is 9.12 Å². The minimum Gasteiger partial charge on any atom is -1.00 e. The summed E-state index contributed by atoms with van der Waals surface area (Å²) in [6.45, 7) is 0. The van der Waals surface area contributed by atoms with E-state index in [9.17, 15) is 0 Å². The largest absolute Gasteiger partial charge is 1.00 e. The van der Waals surface area contributed by atoms with Crippen molar-refractivity contribution in [2.75, 3.05) is 0 Å². The Bertz CT molecular complexity index is 15.5. The predicted octanol–water partition coefficient (Wildman–Crippen LogP) is -3.60. The summed E-state index contributed by atoms with van der Waals surface area (Å²) in [6, 6.07) is 0. The Balaban J connectivity index is -0.000000000833. The van der Waals surface area contributed by atoms with Crippen molar-refractivity contribution in [2.24, 2.45) is 0 Å². The Morgan fingerprint density at radius 1 is 1.40 bits per heavy atom. The van der Waals surface area contributed by atoms with Crippen molar-refractivity contribution in [2.45, 2.75) is 0 Å². The molecule has 0 aliphatic heterocycles. The number of hydrogen-bond acceptors (Lipinski definition) is 1. The van der Waals surface area contributed by atoms with Gasteiger partial charge in [-0.2, -0.15) is 0 Å². The summed E-state index contributed by atoms with van der Waals surface area (Å²) < 4.78 is 8.06. The van der Waals surface area contributed by atoms with Crippen LogP contribution < -0.4 is 51.4 Å².